The van der Waals surface area contributed by atoms with Crippen LogP contribution in [-0.2, 0) is 22.7 Å². The molecule has 1 N–H and O–H groups in total. The summed E-state index contributed by atoms with van der Waals surface area (Å²) in [6.07, 6.45) is 3.09. The molecule has 2 fully saturated rings. The second-order valence-corrected chi connectivity index (χ2v) is 9.68. The molecule has 0 radical (unpaired) electrons. The van der Waals surface area contributed by atoms with Crippen LogP contribution in [0.2, 0.25) is 0 Å². The van der Waals surface area contributed by atoms with Crippen molar-refractivity contribution < 1.29 is 13.5 Å². The van der Waals surface area contributed by atoms with Crippen molar-refractivity contribution in [2.75, 3.05) is 13.1 Å². The average molecular weight is 375 g/mol. The Morgan fingerprint density at radius 2 is 1.88 bits per heavy atom. The summed E-state index contributed by atoms with van der Waals surface area (Å²) >= 11 is 0. The smallest absolute Gasteiger partial charge is 0.246 e. The van der Waals surface area contributed by atoms with Crippen LogP contribution in [-0.4, -0.2) is 40.7 Å². The summed E-state index contributed by atoms with van der Waals surface area (Å²) in [5.74, 6) is 0.116. The molecule has 1 saturated carbocycles. The van der Waals surface area contributed by atoms with Crippen molar-refractivity contribution in [1.29, 1.82) is 0 Å². The van der Waals surface area contributed by atoms with Gasteiger partial charge in [-0.1, -0.05) is 29.8 Å². The molecule has 26 heavy (non-hydrogen) atoms. The highest BCUT2D eigenvalue weighted by Gasteiger charge is 2.54. The molecule has 6 nitrogen and oxygen atoms in total. The maximum atomic E-state index is 13.1. The quantitative estimate of drug-likeness (QED) is 0.890. The number of rotatable bonds is 3. The SMILES string of the molecule is Cc1ccc([C@@]2(O)CC[C@@H]3CN(S(=O)(=O)c4cn(C)nc4C)C[C@@H]32)cc1. The Kier molecular flexibility index (Phi) is 4.02. The number of nitrogens with zero attached hydrogens (tertiary/aromatic N) is 3. The molecule has 1 aromatic carbocycles. The van der Waals surface area contributed by atoms with Crippen molar-refractivity contribution in [2.45, 2.75) is 37.2 Å². The van der Waals surface area contributed by atoms with Crippen LogP contribution < -0.4 is 0 Å². The second kappa shape index (κ2) is 5.90. The first-order chi connectivity index (χ1) is 12.2. The molecule has 0 spiro atoms. The number of benzene rings is 1. The average Bonchev–Trinajstić information content (AvgIpc) is 3.24. The summed E-state index contributed by atoms with van der Waals surface area (Å²) in [6, 6.07) is 7.95. The monoisotopic (exact) mass is 375 g/mol. The molecule has 1 aromatic heterocycles. The molecule has 4 rings (SSSR count). The van der Waals surface area contributed by atoms with Crippen LogP contribution in [0.25, 0.3) is 0 Å². The first-order valence-corrected chi connectivity index (χ1v) is 10.5. The van der Waals surface area contributed by atoms with Crippen LogP contribution in [0.1, 0.15) is 29.7 Å². The molecule has 0 bridgehead atoms. The van der Waals surface area contributed by atoms with Gasteiger partial charge in [0.1, 0.15) is 4.90 Å². The van der Waals surface area contributed by atoms with E-state index in [1.165, 1.54) is 8.99 Å². The van der Waals surface area contributed by atoms with Crippen molar-refractivity contribution >= 4 is 10.0 Å². The lowest BCUT2D eigenvalue weighted by molar-refractivity contribution is -0.00400. The predicted octanol–water partition coefficient (Wildman–Crippen LogP) is 1.96. The van der Waals surface area contributed by atoms with E-state index in [9.17, 15) is 13.5 Å². The number of aliphatic hydroxyl groups is 1. The standard InChI is InChI=1S/C19H25N3O3S/c1-13-4-6-16(7-5-13)19(23)9-8-15-10-22(11-17(15)19)26(24,25)18-12-21(3)20-14(18)2/h4-7,12,15,17,23H,8-11H2,1-3H3/t15-,17+,19+/m1/s1. The van der Waals surface area contributed by atoms with E-state index in [1.807, 2.05) is 31.2 Å². The van der Waals surface area contributed by atoms with Gasteiger partial charge in [-0.15, -0.1) is 0 Å². The highest BCUT2D eigenvalue weighted by Crippen LogP contribution is 2.51. The highest BCUT2D eigenvalue weighted by molar-refractivity contribution is 7.89. The van der Waals surface area contributed by atoms with Gasteiger partial charge in [0.05, 0.1) is 11.3 Å². The number of sulfonamides is 1. The Morgan fingerprint density at radius 1 is 1.19 bits per heavy atom. The zero-order valence-electron chi connectivity index (χ0n) is 15.4. The summed E-state index contributed by atoms with van der Waals surface area (Å²) < 4.78 is 29.2. The number of aryl methyl sites for hydroxylation is 3. The topological polar surface area (TPSA) is 75.4 Å². The molecular weight excluding hydrogens is 350 g/mol. The van der Waals surface area contributed by atoms with Crippen LogP contribution in [0.15, 0.2) is 35.4 Å². The molecule has 140 valence electrons. The second-order valence-electron chi connectivity index (χ2n) is 7.77. The van der Waals surface area contributed by atoms with Gasteiger partial charge in [-0.05, 0) is 38.2 Å². The third-order valence-corrected chi connectivity index (χ3v) is 7.99. The summed E-state index contributed by atoms with van der Waals surface area (Å²) in [4.78, 5) is 0.263. The largest absolute Gasteiger partial charge is 0.385 e. The molecule has 7 heteroatoms. The predicted molar refractivity (Wildman–Crippen MR) is 98.0 cm³/mol. The molecule has 3 atom stereocenters. The molecule has 1 aliphatic carbocycles. The Balaban J connectivity index is 1.64. The minimum Gasteiger partial charge on any atom is -0.385 e. The minimum absolute atomic E-state index is 0.0723. The van der Waals surface area contributed by atoms with Gasteiger partial charge in [0.25, 0.3) is 0 Å². The maximum Gasteiger partial charge on any atom is 0.246 e. The first kappa shape index (κ1) is 17.7. The Morgan fingerprint density at radius 3 is 2.50 bits per heavy atom. The van der Waals surface area contributed by atoms with Crippen molar-refractivity contribution in [3.63, 3.8) is 0 Å². The van der Waals surface area contributed by atoms with E-state index in [0.29, 0.717) is 25.2 Å². The molecule has 2 aliphatic rings. The van der Waals surface area contributed by atoms with Gasteiger partial charge in [-0.3, -0.25) is 4.68 Å². The van der Waals surface area contributed by atoms with Crippen molar-refractivity contribution in [3.8, 4) is 0 Å². The van der Waals surface area contributed by atoms with Crippen LogP contribution in [0.5, 0.6) is 0 Å². The zero-order valence-corrected chi connectivity index (χ0v) is 16.2. The fourth-order valence-electron chi connectivity index (χ4n) is 4.62. The number of fused-ring (bicyclic) bond motifs is 1. The van der Waals surface area contributed by atoms with Gasteiger partial charge in [0.2, 0.25) is 10.0 Å². The lowest BCUT2D eigenvalue weighted by Crippen LogP contribution is -2.36. The number of hydrogen-bond donors (Lipinski definition) is 1. The van der Waals surface area contributed by atoms with E-state index in [1.54, 1.807) is 20.2 Å². The fraction of sp³-hybridized carbons (Fsp3) is 0.526. The van der Waals surface area contributed by atoms with E-state index >= 15 is 0 Å². The third kappa shape index (κ3) is 2.61. The molecule has 2 aromatic rings. The van der Waals surface area contributed by atoms with Gasteiger partial charge in [0.15, 0.2) is 0 Å². The summed E-state index contributed by atoms with van der Waals surface area (Å²) in [5.41, 5.74) is 1.60. The van der Waals surface area contributed by atoms with Crippen molar-refractivity contribution in [1.82, 2.24) is 14.1 Å². The van der Waals surface area contributed by atoms with Crippen LogP contribution in [0, 0.1) is 25.7 Å². The Hall–Kier alpha value is -1.70. The fourth-order valence-corrected chi connectivity index (χ4v) is 6.35. The molecule has 1 saturated heterocycles. The summed E-state index contributed by atoms with van der Waals surface area (Å²) in [6.45, 7) is 4.55. The molecule has 0 unspecified atom stereocenters. The van der Waals surface area contributed by atoms with Crippen LogP contribution >= 0.6 is 0 Å². The van der Waals surface area contributed by atoms with E-state index < -0.39 is 15.6 Å². The maximum absolute atomic E-state index is 13.1. The lowest BCUT2D eigenvalue weighted by Gasteiger charge is -2.30. The molecule has 1 aliphatic heterocycles. The van der Waals surface area contributed by atoms with E-state index in [0.717, 1.165) is 17.5 Å². The minimum atomic E-state index is -3.59. The first-order valence-electron chi connectivity index (χ1n) is 9.02. The van der Waals surface area contributed by atoms with E-state index in [2.05, 4.69) is 5.10 Å². The Bertz CT molecular complexity index is 935. The lowest BCUT2D eigenvalue weighted by atomic mass is 9.82. The van der Waals surface area contributed by atoms with E-state index in [4.69, 9.17) is 0 Å². The normalized spacial score (nSPS) is 29.2. The van der Waals surface area contributed by atoms with Gasteiger partial charge < -0.3 is 5.11 Å². The van der Waals surface area contributed by atoms with E-state index in [-0.39, 0.29) is 16.7 Å². The van der Waals surface area contributed by atoms with Gasteiger partial charge >= 0.3 is 0 Å². The summed E-state index contributed by atoms with van der Waals surface area (Å²) in [5, 5.41) is 15.6. The highest BCUT2D eigenvalue weighted by atomic mass is 32.2. The molecular formula is C19H25N3O3S. The number of aromatic nitrogens is 2. The van der Waals surface area contributed by atoms with Crippen molar-refractivity contribution in [3.05, 3.63) is 47.3 Å². The van der Waals surface area contributed by atoms with Crippen LogP contribution in [0.4, 0.5) is 0 Å². The molecule has 0 amide bonds. The van der Waals surface area contributed by atoms with Gasteiger partial charge in [-0.2, -0.15) is 9.40 Å². The third-order valence-electron chi connectivity index (χ3n) is 6.05. The Labute approximate surface area is 154 Å². The van der Waals surface area contributed by atoms with Gasteiger partial charge in [0, 0.05) is 32.3 Å². The number of hydrogen-bond acceptors (Lipinski definition) is 4. The van der Waals surface area contributed by atoms with Crippen LogP contribution in [0.3, 0.4) is 0 Å². The van der Waals surface area contributed by atoms with Crippen molar-refractivity contribution in [2.24, 2.45) is 18.9 Å². The molecule has 2 heterocycles. The zero-order chi connectivity index (χ0) is 18.7. The summed E-state index contributed by atoms with van der Waals surface area (Å²) in [7, 11) is -1.87. The van der Waals surface area contributed by atoms with Gasteiger partial charge in [-0.25, -0.2) is 8.42 Å².